The molecular weight excluding hydrogens is 220 g/mol. The second-order valence-electron chi connectivity index (χ2n) is 4.72. The monoisotopic (exact) mass is 246 g/mol. The molecule has 17 heavy (non-hydrogen) atoms. The molecule has 2 unspecified atom stereocenters. The Hall–Kier alpha value is -0.160. The summed E-state index contributed by atoms with van der Waals surface area (Å²) in [4.78, 5) is 0. The summed E-state index contributed by atoms with van der Waals surface area (Å²) >= 11 is 0. The minimum absolute atomic E-state index is 0.345. The number of ether oxygens (including phenoxy) is 3. The third-order valence-electron chi connectivity index (χ3n) is 2.64. The van der Waals surface area contributed by atoms with E-state index < -0.39 is 0 Å². The highest BCUT2D eigenvalue weighted by molar-refractivity contribution is 4.66. The normalized spacial score (nSPS) is 20.5. The van der Waals surface area contributed by atoms with Crippen molar-refractivity contribution in [1.29, 1.82) is 0 Å². The molecule has 0 saturated carbocycles. The van der Waals surface area contributed by atoms with Crippen LogP contribution in [0.4, 0.5) is 0 Å². The van der Waals surface area contributed by atoms with Crippen LogP contribution in [-0.4, -0.2) is 50.3 Å². The predicted molar refractivity (Wildman–Crippen MR) is 66.1 cm³/mol. The van der Waals surface area contributed by atoms with Crippen LogP contribution in [0.1, 0.15) is 39.0 Å². The van der Waals surface area contributed by atoms with Crippen molar-refractivity contribution >= 4 is 0 Å². The minimum atomic E-state index is -0.345. The van der Waals surface area contributed by atoms with Crippen LogP contribution in [0.3, 0.4) is 0 Å². The van der Waals surface area contributed by atoms with E-state index in [0.717, 1.165) is 39.3 Å². The molecule has 1 fully saturated rings. The Morgan fingerprint density at radius 1 is 1.12 bits per heavy atom. The van der Waals surface area contributed by atoms with Crippen molar-refractivity contribution in [2.24, 2.45) is 0 Å². The fourth-order valence-electron chi connectivity index (χ4n) is 1.57. The summed E-state index contributed by atoms with van der Waals surface area (Å²) in [7, 11) is 0. The number of epoxide rings is 1. The van der Waals surface area contributed by atoms with Gasteiger partial charge in [-0.15, -0.1) is 0 Å². The van der Waals surface area contributed by atoms with E-state index in [9.17, 15) is 0 Å². The predicted octanol–water partition coefficient (Wildman–Crippen LogP) is 1.75. The molecule has 1 heterocycles. The molecule has 1 N–H and O–H groups in total. The highest BCUT2D eigenvalue weighted by Gasteiger charge is 2.21. The van der Waals surface area contributed by atoms with E-state index in [0.29, 0.717) is 12.7 Å². The van der Waals surface area contributed by atoms with Crippen LogP contribution in [0.2, 0.25) is 0 Å². The van der Waals surface area contributed by atoms with Gasteiger partial charge in [-0.3, -0.25) is 0 Å². The maximum absolute atomic E-state index is 8.97. The van der Waals surface area contributed by atoms with Crippen LogP contribution in [-0.2, 0) is 14.2 Å². The summed E-state index contributed by atoms with van der Waals surface area (Å²) in [5.74, 6) is 0. The van der Waals surface area contributed by atoms with Gasteiger partial charge in [-0.2, -0.15) is 0 Å². The van der Waals surface area contributed by atoms with E-state index in [1.807, 2.05) is 0 Å². The van der Waals surface area contributed by atoms with Crippen molar-refractivity contribution in [2.75, 3.05) is 33.0 Å². The smallest absolute Gasteiger partial charge is 0.104 e. The minimum Gasteiger partial charge on any atom is -0.391 e. The fourth-order valence-corrected chi connectivity index (χ4v) is 1.57. The van der Waals surface area contributed by atoms with Crippen LogP contribution in [0.5, 0.6) is 0 Å². The van der Waals surface area contributed by atoms with E-state index in [1.165, 1.54) is 19.3 Å². The molecule has 0 bridgehead atoms. The standard InChI is InChI=1S/C13H26O4/c1-12(14)9-15-7-5-3-2-4-6-8-16-10-13-11-17-13/h12-14H,2-11H2,1H3. The Balaban J connectivity index is 1.63. The van der Waals surface area contributed by atoms with Crippen molar-refractivity contribution in [1.82, 2.24) is 0 Å². The van der Waals surface area contributed by atoms with E-state index in [2.05, 4.69) is 0 Å². The zero-order valence-corrected chi connectivity index (χ0v) is 10.9. The molecule has 0 aliphatic carbocycles. The van der Waals surface area contributed by atoms with Gasteiger partial charge in [-0.25, -0.2) is 0 Å². The first-order valence-corrected chi connectivity index (χ1v) is 6.74. The molecule has 0 spiro atoms. The topological polar surface area (TPSA) is 51.2 Å². The highest BCUT2D eigenvalue weighted by atomic mass is 16.6. The van der Waals surface area contributed by atoms with Crippen LogP contribution >= 0.6 is 0 Å². The fraction of sp³-hybridized carbons (Fsp3) is 1.00. The summed E-state index contributed by atoms with van der Waals surface area (Å²) in [6.07, 6.45) is 5.93. The van der Waals surface area contributed by atoms with Gasteiger partial charge in [0.25, 0.3) is 0 Å². The molecule has 1 aliphatic heterocycles. The number of aliphatic hydroxyl groups excluding tert-OH is 1. The maximum Gasteiger partial charge on any atom is 0.104 e. The second-order valence-corrected chi connectivity index (χ2v) is 4.72. The van der Waals surface area contributed by atoms with Crippen molar-refractivity contribution in [2.45, 2.75) is 51.2 Å². The Labute approximate surface area is 104 Å². The van der Waals surface area contributed by atoms with Crippen LogP contribution in [0.25, 0.3) is 0 Å². The zero-order valence-electron chi connectivity index (χ0n) is 10.9. The van der Waals surface area contributed by atoms with Gasteiger partial charge in [0.05, 0.1) is 25.9 Å². The van der Waals surface area contributed by atoms with Gasteiger partial charge >= 0.3 is 0 Å². The molecule has 0 aromatic rings. The number of rotatable bonds is 12. The summed E-state index contributed by atoms with van der Waals surface area (Å²) in [5, 5.41) is 8.97. The summed E-state index contributed by atoms with van der Waals surface area (Å²) in [6, 6.07) is 0. The lowest BCUT2D eigenvalue weighted by atomic mass is 10.1. The number of hydrogen-bond donors (Lipinski definition) is 1. The first kappa shape index (κ1) is 14.9. The van der Waals surface area contributed by atoms with Gasteiger partial charge in [0.1, 0.15) is 6.10 Å². The van der Waals surface area contributed by atoms with E-state index in [4.69, 9.17) is 19.3 Å². The molecule has 1 saturated heterocycles. The summed E-state index contributed by atoms with van der Waals surface area (Å²) in [6.45, 7) is 5.47. The van der Waals surface area contributed by atoms with Crippen molar-refractivity contribution in [3.05, 3.63) is 0 Å². The van der Waals surface area contributed by atoms with Gasteiger partial charge in [0, 0.05) is 13.2 Å². The van der Waals surface area contributed by atoms with Crippen LogP contribution in [0.15, 0.2) is 0 Å². The molecule has 4 heteroatoms. The molecular formula is C13H26O4. The SMILES string of the molecule is CC(O)COCCCCCCCOCC1CO1. The van der Waals surface area contributed by atoms with Gasteiger partial charge in [0.2, 0.25) is 0 Å². The number of aliphatic hydroxyl groups is 1. The third kappa shape index (κ3) is 10.7. The van der Waals surface area contributed by atoms with E-state index >= 15 is 0 Å². The van der Waals surface area contributed by atoms with E-state index in [1.54, 1.807) is 6.92 Å². The average molecular weight is 246 g/mol. The van der Waals surface area contributed by atoms with Gasteiger partial charge in [0.15, 0.2) is 0 Å². The van der Waals surface area contributed by atoms with Crippen molar-refractivity contribution in [3.8, 4) is 0 Å². The van der Waals surface area contributed by atoms with Crippen LogP contribution < -0.4 is 0 Å². The van der Waals surface area contributed by atoms with Crippen LogP contribution in [0, 0.1) is 0 Å². The Bertz CT molecular complexity index is 159. The molecule has 2 atom stereocenters. The Kier molecular flexibility index (Phi) is 8.61. The van der Waals surface area contributed by atoms with Crippen molar-refractivity contribution in [3.63, 3.8) is 0 Å². The summed E-state index contributed by atoms with van der Waals surface area (Å²) in [5.41, 5.74) is 0. The first-order chi connectivity index (χ1) is 8.29. The average Bonchev–Trinajstić information content (AvgIpc) is 3.09. The number of unbranched alkanes of at least 4 members (excludes halogenated alkanes) is 4. The maximum atomic E-state index is 8.97. The molecule has 1 rings (SSSR count). The van der Waals surface area contributed by atoms with Crippen molar-refractivity contribution < 1.29 is 19.3 Å². The summed E-state index contributed by atoms with van der Waals surface area (Å²) < 4.78 is 15.8. The lowest BCUT2D eigenvalue weighted by Gasteiger charge is -2.06. The molecule has 0 amide bonds. The molecule has 1 aliphatic rings. The number of hydrogen-bond acceptors (Lipinski definition) is 4. The van der Waals surface area contributed by atoms with Gasteiger partial charge < -0.3 is 19.3 Å². The van der Waals surface area contributed by atoms with Gasteiger partial charge in [-0.05, 0) is 19.8 Å². The Morgan fingerprint density at radius 3 is 2.29 bits per heavy atom. The zero-order chi connectivity index (χ0) is 12.3. The second kappa shape index (κ2) is 9.83. The third-order valence-corrected chi connectivity index (χ3v) is 2.64. The first-order valence-electron chi connectivity index (χ1n) is 6.74. The quantitative estimate of drug-likeness (QED) is 0.421. The van der Waals surface area contributed by atoms with Gasteiger partial charge in [-0.1, -0.05) is 19.3 Å². The molecule has 0 aromatic carbocycles. The molecule has 0 radical (unpaired) electrons. The molecule has 102 valence electrons. The highest BCUT2D eigenvalue weighted by Crippen LogP contribution is 2.09. The largest absolute Gasteiger partial charge is 0.391 e. The molecule has 4 nitrogen and oxygen atoms in total. The molecule has 0 aromatic heterocycles. The lowest BCUT2D eigenvalue weighted by molar-refractivity contribution is 0.0444. The lowest BCUT2D eigenvalue weighted by Crippen LogP contribution is -2.10. The van der Waals surface area contributed by atoms with E-state index in [-0.39, 0.29) is 6.10 Å². The Morgan fingerprint density at radius 2 is 1.71 bits per heavy atom.